The average Bonchev–Trinajstić information content (AvgIpc) is 2.44. The Kier molecular flexibility index (Phi) is 8.11. The number of esters is 1. The fraction of sp³-hybridized carbons (Fsp3) is 0.938. The lowest BCUT2D eigenvalue weighted by molar-refractivity contribution is -0.149. The molecule has 0 radical (unpaired) electrons. The third-order valence-corrected chi connectivity index (χ3v) is 4.22. The molecule has 0 spiro atoms. The van der Waals surface area contributed by atoms with E-state index in [9.17, 15) is 4.79 Å². The van der Waals surface area contributed by atoms with Gasteiger partial charge in [0, 0.05) is 12.1 Å². The number of ether oxygens (including phenoxy) is 1. The second kappa shape index (κ2) is 9.35. The molecule has 1 unspecified atom stereocenters. The largest absolute Gasteiger partial charge is 0.466 e. The summed E-state index contributed by atoms with van der Waals surface area (Å²) in [5.74, 6) is 0.160. The van der Waals surface area contributed by atoms with E-state index < -0.39 is 0 Å². The molecular formula is C16H31NO2. The Labute approximate surface area is 118 Å². The van der Waals surface area contributed by atoms with E-state index in [0.29, 0.717) is 18.7 Å². The van der Waals surface area contributed by atoms with Crippen molar-refractivity contribution in [2.45, 2.75) is 84.2 Å². The highest BCUT2D eigenvalue weighted by molar-refractivity contribution is 5.72. The summed E-state index contributed by atoms with van der Waals surface area (Å²) in [6.45, 7) is 6.89. The molecule has 19 heavy (non-hydrogen) atoms. The normalized spacial score (nSPS) is 25.0. The molecule has 1 aliphatic rings. The number of hydrogen-bond donors (Lipinski definition) is 1. The summed E-state index contributed by atoms with van der Waals surface area (Å²) >= 11 is 0. The third-order valence-electron chi connectivity index (χ3n) is 4.22. The lowest BCUT2D eigenvalue weighted by Crippen LogP contribution is -2.41. The number of rotatable bonds is 8. The van der Waals surface area contributed by atoms with Crippen molar-refractivity contribution in [1.29, 1.82) is 0 Å². The molecule has 0 amide bonds. The second-order valence-electron chi connectivity index (χ2n) is 5.71. The van der Waals surface area contributed by atoms with Gasteiger partial charge in [-0.25, -0.2) is 0 Å². The summed E-state index contributed by atoms with van der Waals surface area (Å²) in [6, 6.07) is 1.26. The molecule has 0 bridgehead atoms. The first kappa shape index (κ1) is 16.5. The Morgan fingerprint density at radius 3 is 2.42 bits per heavy atom. The molecule has 1 atom stereocenters. The van der Waals surface area contributed by atoms with Crippen LogP contribution in [0.5, 0.6) is 0 Å². The quantitative estimate of drug-likeness (QED) is 0.683. The van der Waals surface area contributed by atoms with Crippen molar-refractivity contribution in [2.24, 2.45) is 5.92 Å². The van der Waals surface area contributed by atoms with Crippen molar-refractivity contribution < 1.29 is 9.53 Å². The van der Waals surface area contributed by atoms with E-state index in [-0.39, 0.29) is 11.9 Å². The molecule has 1 fully saturated rings. The zero-order valence-electron chi connectivity index (χ0n) is 12.9. The van der Waals surface area contributed by atoms with Gasteiger partial charge in [-0.3, -0.25) is 4.79 Å². The molecule has 0 heterocycles. The van der Waals surface area contributed by atoms with Crippen molar-refractivity contribution in [3.63, 3.8) is 0 Å². The molecule has 3 nitrogen and oxygen atoms in total. The van der Waals surface area contributed by atoms with Crippen molar-refractivity contribution in [3.8, 4) is 0 Å². The fourth-order valence-electron chi connectivity index (χ4n) is 2.95. The standard InChI is InChI=1S/C16H31NO2/c1-4-7-8-14(5-2)17-15-11-9-13(10-12-15)16(18)19-6-3/h13-15,17H,4-12H2,1-3H3. The van der Waals surface area contributed by atoms with E-state index in [4.69, 9.17) is 4.74 Å². The van der Waals surface area contributed by atoms with Gasteiger partial charge < -0.3 is 10.1 Å². The van der Waals surface area contributed by atoms with Crippen molar-refractivity contribution in [3.05, 3.63) is 0 Å². The number of carbonyl (C=O) groups excluding carboxylic acids is 1. The van der Waals surface area contributed by atoms with Gasteiger partial charge in [-0.05, 0) is 45.4 Å². The van der Waals surface area contributed by atoms with E-state index >= 15 is 0 Å². The predicted molar refractivity (Wildman–Crippen MR) is 79.1 cm³/mol. The van der Waals surface area contributed by atoms with Crippen LogP contribution in [0.2, 0.25) is 0 Å². The van der Waals surface area contributed by atoms with Gasteiger partial charge in [-0.1, -0.05) is 26.7 Å². The Morgan fingerprint density at radius 1 is 1.21 bits per heavy atom. The molecule has 0 saturated heterocycles. The maximum Gasteiger partial charge on any atom is 0.308 e. The van der Waals surface area contributed by atoms with E-state index in [1.807, 2.05) is 6.92 Å². The summed E-state index contributed by atoms with van der Waals surface area (Å²) in [5.41, 5.74) is 0. The van der Waals surface area contributed by atoms with E-state index in [1.165, 1.54) is 25.7 Å². The topological polar surface area (TPSA) is 38.3 Å². The lowest BCUT2D eigenvalue weighted by Gasteiger charge is -2.31. The van der Waals surface area contributed by atoms with Gasteiger partial charge in [0.15, 0.2) is 0 Å². The van der Waals surface area contributed by atoms with Crippen LogP contribution in [0.3, 0.4) is 0 Å². The predicted octanol–water partition coefficient (Wildman–Crippen LogP) is 3.67. The molecule has 0 aromatic heterocycles. The molecule has 0 aromatic carbocycles. The van der Waals surface area contributed by atoms with Crippen LogP contribution in [0, 0.1) is 5.92 Å². The first-order valence-electron chi connectivity index (χ1n) is 8.13. The maximum absolute atomic E-state index is 11.7. The highest BCUT2D eigenvalue weighted by atomic mass is 16.5. The van der Waals surface area contributed by atoms with Crippen LogP contribution < -0.4 is 5.32 Å². The maximum atomic E-state index is 11.7. The van der Waals surface area contributed by atoms with Gasteiger partial charge in [0.25, 0.3) is 0 Å². The number of unbranched alkanes of at least 4 members (excludes halogenated alkanes) is 1. The van der Waals surface area contributed by atoms with Crippen LogP contribution in [0.1, 0.15) is 72.1 Å². The van der Waals surface area contributed by atoms with Gasteiger partial charge in [0.2, 0.25) is 0 Å². The molecule has 1 N–H and O–H groups in total. The Balaban J connectivity index is 2.26. The Morgan fingerprint density at radius 2 is 1.89 bits per heavy atom. The van der Waals surface area contributed by atoms with Crippen molar-refractivity contribution in [2.75, 3.05) is 6.61 Å². The summed E-state index contributed by atoms with van der Waals surface area (Å²) < 4.78 is 5.11. The zero-order valence-corrected chi connectivity index (χ0v) is 12.9. The van der Waals surface area contributed by atoms with E-state index in [1.54, 1.807) is 0 Å². The van der Waals surface area contributed by atoms with E-state index in [0.717, 1.165) is 25.7 Å². The SMILES string of the molecule is CCCCC(CC)NC1CCC(C(=O)OCC)CC1. The van der Waals surface area contributed by atoms with Crippen molar-refractivity contribution >= 4 is 5.97 Å². The minimum Gasteiger partial charge on any atom is -0.466 e. The number of carbonyl (C=O) groups is 1. The zero-order chi connectivity index (χ0) is 14.1. The molecule has 1 rings (SSSR count). The summed E-state index contributed by atoms with van der Waals surface area (Å²) in [6.07, 6.45) is 9.28. The second-order valence-corrected chi connectivity index (χ2v) is 5.71. The number of nitrogens with one attached hydrogen (secondary N) is 1. The highest BCUT2D eigenvalue weighted by Gasteiger charge is 2.27. The summed E-state index contributed by atoms with van der Waals surface area (Å²) in [4.78, 5) is 11.7. The van der Waals surface area contributed by atoms with Crippen LogP contribution in [0.25, 0.3) is 0 Å². The van der Waals surface area contributed by atoms with E-state index in [2.05, 4.69) is 19.2 Å². The van der Waals surface area contributed by atoms with Gasteiger partial charge in [0.05, 0.1) is 12.5 Å². The van der Waals surface area contributed by atoms with Gasteiger partial charge >= 0.3 is 5.97 Å². The van der Waals surface area contributed by atoms with Crippen LogP contribution in [-0.4, -0.2) is 24.7 Å². The molecule has 1 aliphatic carbocycles. The smallest absolute Gasteiger partial charge is 0.308 e. The molecule has 112 valence electrons. The molecular weight excluding hydrogens is 238 g/mol. The molecule has 0 aliphatic heterocycles. The monoisotopic (exact) mass is 269 g/mol. The first-order valence-corrected chi connectivity index (χ1v) is 8.13. The van der Waals surface area contributed by atoms with Crippen LogP contribution in [-0.2, 0) is 9.53 Å². The minimum absolute atomic E-state index is 0.0129. The first-order chi connectivity index (χ1) is 9.21. The third kappa shape index (κ3) is 5.94. The van der Waals surface area contributed by atoms with Crippen molar-refractivity contribution in [1.82, 2.24) is 5.32 Å². The highest BCUT2D eigenvalue weighted by Crippen LogP contribution is 2.26. The Hall–Kier alpha value is -0.570. The molecule has 3 heteroatoms. The Bertz CT molecular complexity index is 247. The summed E-state index contributed by atoms with van der Waals surface area (Å²) in [5, 5.41) is 3.78. The average molecular weight is 269 g/mol. The van der Waals surface area contributed by atoms with Gasteiger partial charge in [-0.15, -0.1) is 0 Å². The number of hydrogen-bond acceptors (Lipinski definition) is 3. The van der Waals surface area contributed by atoms with Crippen LogP contribution in [0.15, 0.2) is 0 Å². The lowest BCUT2D eigenvalue weighted by atomic mass is 9.85. The minimum atomic E-state index is 0.0129. The molecule has 1 saturated carbocycles. The van der Waals surface area contributed by atoms with Crippen LogP contribution in [0.4, 0.5) is 0 Å². The van der Waals surface area contributed by atoms with Gasteiger partial charge in [-0.2, -0.15) is 0 Å². The summed E-state index contributed by atoms with van der Waals surface area (Å²) in [7, 11) is 0. The molecule has 0 aromatic rings. The van der Waals surface area contributed by atoms with Crippen LogP contribution >= 0.6 is 0 Å². The van der Waals surface area contributed by atoms with Gasteiger partial charge in [0.1, 0.15) is 0 Å². The fourth-order valence-corrected chi connectivity index (χ4v) is 2.95.